The molecule has 1 aliphatic heterocycles. The number of phenols is 1. The third kappa shape index (κ3) is 3.20. The maximum atomic E-state index is 12.4. The summed E-state index contributed by atoms with van der Waals surface area (Å²) in [5.41, 5.74) is 0.410. The van der Waals surface area contributed by atoms with Crippen molar-refractivity contribution in [1.29, 1.82) is 0 Å². The zero-order valence-electron chi connectivity index (χ0n) is 12.8. The van der Waals surface area contributed by atoms with Crippen LogP contribution in [0.4, 0.5) is 21.9 Å². The van der Waals surface area contributed by atoms with Crippen LogP contribution in [-0.4, -0.2) is 35.2 Å². The maximum absolute atomic E-state index is 12.4. The Bertz CT molecular complexity index is 867. The molecule has 3 rings (SSSR count). The summed E-state index contributed by atoms with van der Waals surface area (Å²) in [5, 5.41) is 23.0. The lowest BCUT2D eigenvalue weighted by molar-refractivity contribution is -0.385. The summed E-state index contributed by atoms with van der Waals surface area (Å²) >= 11 is 0. The molecule has 128 valence electrons. The third-order valence-electron chi connectivity index (χ3n) is 3.64. The van der Waals surface area contributed by atoms with E-state index >= 15 is 0 Å². The van der Waals surface area contributed by atoms with E-state index in [2.05, 4.69) is 5.32 Å². The standard InChI is InChI=1S/C16H13N3O6/c20-14-9-10(5-6-13(14)19(23)24)15(21)17-11-3-1-2-4-12(11)18-7-8-25-16(18)22/h1-6,9,20H,7-8H2,(H,17,21). The molecule has 0 bridgehead atoms. The van der Waals surface area contributed by atoms with Gasteiger partial charge < -0.3 is 15.2 Å². The highest BCUT2D eigenvalue weighted by atomic mass is 16.6. The highest BCUT2D eigenvalue weighted by Gasteiger charge is 2.26. The number of hydrogen-bond donors (Lipinski definition) is 2. The van der Waals surface area contributed by atoms with Crippen molar-refractivity contribution in [2.45, 2.75) is 0 Å². The van der Waals surface area contributed by atoms with Gasteiger partial charge in [0.05, 0.1) is 22.8 Å². The van der Waals surface area contributed by atoms with Crippen molar-refractivity contribution in [3.8, 4) is 5.75 Å². The summed E-state index contributed by atoms with van der Waals surface area (Å²) in [6.45, 7) is 0.626. The third-order valence-corrected chi connectivity index (χ3v) is 3.64. The van der Waals surface area contributed by atoms with E-state index in [4.69, 9.17) is 4.74 Å². The lowest BCUT2D eigenvalue weighted by Crippen LogP contribution is -2.25. The summed E-state index contributed by atoms with van der Waals surface area (Å²) in [6.07, 6.45) is -0.505. The van der Waals surface area contributed by atoms with Crippen LogP contribution in [0.1, 0.15) is 10.4 Å². The zero-order valence-corrected chi connectivity index (χ0v) is 12.8. The normalized spacial score (nSPS) is 13.4. The molecule has 2 amide bonds. The Labute approximate surface area is 141 Å². The Hall–Kier alpha value is -3.62. The number of carbonyl (C=O) groups excluding carboxylic acids is 2. The molecule has 0 saturated carbocycles. The molecule has 0 radical (unpaired) electrons. The fourth-order valence-electron chi connectivity index (χ4n) is 2.44. The summed E-state index contributed by atoms with van der Waals surface area (Å²) in [5.74, 6) is -1.18. The van der Waals surface area contributed by atoms with Crippen LogP contribution in [-0.2, 0) is 4.74 Å². The number of aromatic hydroxyl groups is 1. The van der Waals surface area contributed by atoms with E-state index in [1.165, 1.54) is 11.0 Å². The molecule has 2 N–H and O–H groups in total. The van der Waals surface area contributed by atoms with Gasteiger partial charge in [-0.15, -0.1) is 0 Å². The van der Waals surface area contributed by atoms with Crippen LogP contribution in [0.2, 0.25) is 0 Å². The van der Waals surface area contributed by atoms with Crippen molar-refractivity contribution in [2.24, 2.45) is 0 Å². The Balaban J connectivity index is 1.85. The fraction of sp³-hybridized carbons (Fsp3) is 0.125. The Morgan fingerprint density at radius 2 is 2.04 bits per heavy atom. The number of nitro groups is 1. The fourth-order valence-corrected chi connectivity index (χ4v) is 2.44. The number of hydrogen-bond acceptors (Lipinski definition) is 6. The molecule has 2 aromatic carbocycles. The quantitative estimate of drug-likeness (QED) is 0.650. The topological polar surface area (TPSA) is 122 Å². The van der Waals surface area contributed by atoms with E-state index in [9.17, 15) is 24.8 Å². The minimum absolute atomic E-state index is 0.0434. The minimum atomic E-state index is -0.745. The van der Waals surface area contributed by atoms with Crippen molar-refractivity contribution < 1.29 is 24.4 Å². The average molecular weight is 343 g/mol. The SMILES string of the molecule is O=C(Nc1ccccc1N1CCOC1=O)c1ccc([N+](=O)[O-])c(O)c1. The van der Waals surface area contributed by atoms with Gasteiger partial charge in [0.1, 0.15) is 6.61 Å². The van der Waals surface area contributed by atoms with E-state index in [1.54, 1.807) is 24.3 Å². The van der Waals surface area contributed by atoms with Crippen LogP contribution in [0, 0.1) is 10.1 Å². The lowest BCUT2D eigenvalue weighted by Gasteiger charge is -2.17. The van der Waals surface area contributed by atoms with Gasteiger partial charge in [-0.3, -0.25) is 19.8 Å². The average Bonchev–Trinajstić information content (AvgIpc) is 3.00. The number of benzene rings is 2. The number of nitrogens with one attached hydrogen (secondary N) is 1. The Morgan fingerprint density at radius 1 is 1.28 bits per heavy atom. The molecular weight excluding hydrogens is 330 g/mol. The van der Waals surface area contributed by atoms with Crippen molar-refractivity contribution >= 4 is 29.1 Å². The molecule has 0 spiro atoms. The number of nitro benzene ring substituents is 1. The number of carbonyl (C=O) groups is 2. The molecule has 0 unspecified atom stereocenters. The first-order valence-electron chi connectivity index (χ1n) is 7.29. The van der Waals surface area contributed by atoms with E-state index in [1.807, 2.05) is 0 Å². The molecule has 9 nitrogen and oxygen atoms in total. The maximum Gasteiger partial charge on any atom is 0.414 e. The van der Waals surface area contributed by atoms with Crippen molar-refractivity contribution in [3.63, 3.8) is 0 Å². The summed E-state index contributed by atoms with van der Waals surface area (Å²) in [7, 11) is 0. The van der Waals surface area contributed by atoms with E-state index in [-0.39, 0.29) is 12.2 Å². The highest BCUT2D eigenvalue weighted by Crippen LogP contribution is 2.30. The smallest absolute Gasteiger partial charge is 0.414 e. The zero-order chi connectivity index (χ0) is 18.0. The second kappa shape index (κ2) is 6.48. The van der Waals surface area contributed by atoms with E-state index < -0.39 is 28.4 Å². The molecule has 25 heavy (non-hydrogen) atoms. The summed E-state index contributed by atoms with van der Waals surface area (Å²) in [4.78, 5) is 35.5. The van der Waals surface area contributed by atoms with Crippen LogP contribution in [0.5, 0.6) is 5.75 Å². The van der Waals surface area contributed by atoms with Crippen LogP contribution >= 0.6 is 0 Å². The number of amides is 2. The largest absolute Gasteiger partial charge is 0.502 e. The summed E-state index contributed by atoms with van der Waals surface area (Å²) < 4.78 is 4.89. The molecule has 1 aliphatic rings. The van der Waals surface area contributed by atoms with Crippen LogP contribution in [0.25, 0.3) is 0 Å². The summed E-state index contributed by atoms with van der Waals surface area (Å²) in [6, 6.07) is 9.98. The first-order chi connectivity index (χ1) is 12.0. The molecule has 0 aromatic heterocycles. The molecule has 1 heterocycles. The van der Waals surface area contributed by atoms with Gasteiger partial charge in [-0.1, -0.05) is 12.1 Å². The molecular formula is C16H13N3O6. The Morgan fingerprint density at radius 3 is 2.68 bits per heavy atom. The van der Waals surface area contributed by atoms with Gasteiger partial charge in [-0.25, -0.2) is 4.79 Å². The van der Waals surface area contributed by atoms with E-state index in [0.717, 1.165) is 12.1 Å². The monoisotopic (exact) mass is 343 g/mol. The highest BCUT2D eigenvalue weighted by molar-refractivity contribution is 6.07. The molecule has 9 heteroatoms. The van der Waals surface area contributed by atoms with Crippen LogP contribution in [0.3, 0.4) is 0 Å². The predicted octanol–water partition coefficient (Wildman–Crippen LogP) is 2.51. The van der Waals surface area contributed by atoms with Gasteiger partial charge in [-0.2, -0.15) is 0 Å². The second-order valence-corrected chi connectivity index (χ2v) is 5.20. The number of para-hydroxylation sites is 2. The van der Waals surface area contributed by atoms with Gasteiger partial charge in [0.25, 0.3) is 5.91 Å². The number of phenolic OH excluding ortho intramolecular Hbond substituents is 1. The Kier molecular flexibility index (Phi) is 4.21. The number of ether oxygens (including phenoxy) is 1. The molecule has 0 atom stereocenters. The number of rotatable bonds is 4. The number of anilines is 2. The molecule has 1 fully saturated rings. The lowest BCUT2D eigenvalue weighted by atomic mass is 10.1. The predicted molar refractivity (Wildman–Crippen MR) is 87.9 cm³/mol. The van der Waals surface area contributed by atoms with Gasteiger partial charge >= 0.3 is 11.8 Å². The van der Waals surface area contributed by atoms with Gasteiger partial charge in [-0.05, 0) is 24.3 Å². The van der Waals surface area contributed by atoms with Crippen molar-refractivity contribution in [1.82, 2.24) is 0 Å². The first-order valence-corrected chi connectivity index (χ1v) is 7.29. The number of nitrogens with zero attached hydrogens (tertiary/aromatic N) is 2. The van der Waals surface area contributed by atoms with Gasteiger partial charge in [0.15, 0.2) is 5.75 Å². The van der Waals surface area contributed by atoms with Gasteiger partial charge in [0, 0.05) is 11.6 Å². The van der Waals surface area contributed by atoms with Crippen LogP contribution < -0.4 is 10.2 Å². The van der Waals surface area contributed by atoms with Crippen LogP contribution in [0.15, 0.2) is 42.5 Å². The molecule has 1 saturated heterocycles. The van der Waals surface area contributed by atoms with Gasteiger partial charge in [0.2, 0.25) is 0 Å². The van der Waals surface area contributed by atoms with Crippen molar-refractivity contribution in [3.05, 3.63) is 58.1 Å². The first kappa shape index (κ1) is 16.2. The molecule has 0 aliphatic carbocycles. The second-order valence-electron chi connectivity index (χ2n) is 5.20. The van der Waals surface area contributed by atoms with Crippen molar-refractivity contribution in [2.75, 3.05) is 23.4 Å². The molecule has 2 aromatic rings. The minimum Gasteiger partial charge on any atom is -0.502 e. The number of cyclic esters (lactones) is 1. The van der Waals surface area contributed by atoms with E-state index in [0.29, 0.717) is 17.9 Å².